The Bertz CT molecular complexity index is 91.6. The van der Waals surface area contributed by atoms with Crippen LogP contribution in [-0.2, 0) is 9.53 Å². The van der Waals surface area contributed by atoms with E-state index in [1.54, 1.807) is 0 Å². The average Bonchev–Trinajstić information content (AvgIpc) is 2.04. The van der Waals surface area contributed by atoms with Crippen LogP contribution in [0, 0.1) is 0 Å². The van der Waals surface area contributed by atoms with Gasteiger partial charge in [-0.1, -0.05) is 13.5 Å². The molecule has 3 nitrogen and oxygen atoms in total. The molecule has 0 saturated heterocycles. The standard InChI is InChI=1S/C6H10O2.CH5N/c1-3-5-8-6(7)4-2;1-2/h4H,2-3,5H2,1H3;2H2,1H3. The maximum absolute atomic E-state index is 10.2. The predicted molar refractivity (Wildman–Crippen MR) is 41.6 cm³/mol. The normalized spacial score (nSPS) is 7.10. The SMILES string of the molecule is C=CC(=O)OCCC.CN. The van der Waals surface area contributed by atoms with Crippen molar-refractivity contribution >= 4 is 5.97 Å². The first-order valence-corrected chi connectivity index (χ1v) is 3.18. The molecule has 0 aliphatic rings. The molecule has 0 spiro atoms. The summed E-state index contributed by atoms with van der Waals surface area (Å²) in [6.45, 7) is 5.67. The molecule has 10 heavy (non-hydrogen) atoms. The third-order valence-electron chi connectivity index (χ3n) is 0.615. The fraction of sp³-hybridized carbons (Fsp3) is 0.571. The second-order valence-corrected chi connectivity index (χ2v) is 1.37. The molecule has 0 bridgehead atoms. The zero-order valence-corrected chi connectivity index (χ0v) is 6.59. The molecule has 0 aromatic heterocycles. The van der Waals surface area contributed by atoms with Crippen molar-refractivity contribution in [1.82, 2.24) is 0 Å². The number of hydrogen-bond donors (Lipinski definition) is 1. The van der Waals surface area contributed by atoms with Gasteiger partial charge in [-0.3, -0.25) is 0 Å². The number of esters is 1. The van der Waals surface area contributed by atoms with Crippen molar-refractivity contribution < 1.29 is 9.53 Å². The predicted octanol–water partition coefficient (Wildman–Crippen LogP) is 0.701. The smallest absolute Gasteiger partial charge is 0.330 e. The molecule has 0 aromatic rings. The van der Waals surface area contributed by atoms with Crippen LogP contribution >= 0.6 is 0 Å². The van der Waals surface area contributed by atoms with Gasteiger partial charge < -0.3 is 10.5 Å². The number of nitrogens with two attached hydrogens (primary N) is 1. The van der Waals surface area contributed by atoms with Crippen LogP contribution in [0.3, 0.4) is 0 Å². The Hall–Kier alpha value is -0.830. The van der Waals surface area contributed by atoms with E-state index in [4.69, 9.17) is 0 Å². The lowest BCUT2D eigenvalue weighted by atomic mass is 10.5. The van der Waals surface area contributed by atoms with Crippen molar-refractivity contribution in [2.45, 2.75) is 13.3 Å². The van der Waals surface area contributed by atoms with Crippen molar-refractivity contribution in [3.8, 4) is 0 Å². The molecule has 2 N–H and O–H groups in total. The molecular weight excluding hydrogens is 130 g/mol. The molecule has 0 fully saturated rings. The highest BCUT2D eigenvalue weighted by atomic mass is 16.5. The first-order chi connectivity index (χ1) is 4.81. The molecule has 0 atom stereocenters. The summed E-state index contributed by atoms with van der Waals surface area (Å²) in [5.74, 6) is -0.341. The molecule has 0 aromatic carbocycles. The van der Waals surface area contributed by atoms with Crippen LogP contribution in [0.2, 0.25) is 0 Å². The van der Waals surface area contributed by atoms with Gasteiger partial charge in [0.15, 0.2) is 0 Å². The zero-order valence-electron chi connectivity index (χ0n) is 6.59. The molecule has 0 radical (unpaired) electrons. The van der Waals surface area contributed by atoms with E-state index < -0.39 is 0 Å². The Labute approximate surface area is 61.9 Å². The van der Waals surface area contributed by atoms with Crippen molar-refractivity contribution in [3.05, 3.63) is 12.7 Å². The van der Waals surface area contributed by atoms with Crippen LogP contribution in [0.1, 0.15) is 13.3 Å². The number of carbonyl (C=O) groups excluding carboxylic acids is 1. The van der Waals surface area contributed by atoms with E-state index in [-0.39, 0.29) is 5.97 Å². The van der Waals surface area contributed by atoms with Crippen LogP contribution in [0.5, 0.6) is 0 Å². The van der Waals surface area contributed by atoms with Crippen LogP contribution in [-0.4, -0.2) is 19.6 Å². The summed E-state index contributed by atoms with van der Waals surface area (Å²) in [7, 11) is 1.50. The van der Waals surface area contributed by atoms with Gasteiger partial charge in [-0.05, 0) is 13.5 Å². The van der Waals surface area contributed by atoms with E-state index >= 15 is 0 Å². The maximum atomic E-state index is 10.2. The van der Waals surface area contributed by atoms with Gasteiger partial charge >= 0.3 is 5.97 Å². The van der Waals surface area contributed by atoms with Gasteiger partial charge in [0.2, 0.25) is 0 Å². The summed E-state index contributed by atoms with van der Waals surface area (Å²) in [6.07, 6.45) is 2.02. The Balaban J connectivity index is 0. The zero-order chi connectivity index (χ0) is 8.41. The monoisotopic (exact) mass is 145 g/mol. The number of carbonyl (C=O) groups is 1. The van der Waals surface area contributed by atoms with Crippen molar-refractivity contribution in [2.24, 2.45) is 5.73 Å². The van der Waals surface area contributed by atoms with Gasteiger partial charge in [-0.25, -0.2) is 4.79 Å². The fourth-order valence-electron chi connectivity index (χ4n) is 0.262. The van der Waals surface area contributed by atoms with Gasteiger partial charge in [0.1, 0.15) is 0 Å². The van der Waals surface area contributed by atoms with E-state index in [2.05, 4.69) is 17.0 Å². The minimum Gasteiger partial charge on any atom is -0.463 e. The molecule has 3 heteroatoms. The number of ether oxygens (including phenoxy) is 1. The summed E-state index contributed by atoms with van der Waals surface area (Å²) in [4.78, 5) is 10.2. The average molecular weight is 145 g/mol. The minimum atomic E-state index is -0.341. The molecule has 0 heterocycles. The quantitative estimate of drug-likeness (QED) is 0.470. The third kappa shape index (κ3) is 10.2. The summed E-state index contributed by atoms with van der Waals surface area (Å²) >= 11 is 0. The maximum Gasteiger partial charge on any atom is 0.330 e. The topological polar surface area (TPSA) is 52.3 Å². The van der Waals surface area contributed by atoms with Crippen LogP contribution < -0.4 is 5.73 Å². The molecule has 0 saturated carbocycles. The van der Waals surface area contributed by atoms with Gasteiger partial charge in [-0.15, -0.1) is 0 Å². The molecular formula is C7H15NO2. The van der Waals surface area contributed by atoms with E-state index in [1.165, 1.54) is 7.05 Å². The number of rotatable bonds is 3. The molecule has 0 unspecified atom stereocenters. The highest BCUT2D eigenvalue weighted by Crippen LogP contribution is 1.81. The van der Waals surface area contributed by atoms with Crippen LogP contribution in [0.15, 0.2) is 12.7 Å². The van der Waals surface area contributed by atoms with Gasteiger partial charge in [0.05, 0.1) is 6.61 Å². The van der Waals surface area contributed by atoms with Gasteiger partial charge in [0.25, 0.3) is 0 Å². The Kier molecular flexibility index (Phi) is 13.1. The highest BCUT2D eigenvalue weighted by Gasteiger charge is 1.89. The summed E-state index contributed by atoms with van der Waals surface area (Å²) in [5.41, 5.74) is 4.50. The van der Waals surface area contributed by atoms with E-state index in [0.717, 1.165) is 12.5 Å². The van der Waals surface area contributed by atoms with Gasteiger partial charge in [-0.2, -0.15) is 0 Å². The largest absolute Gasteiger partial charge is 0.463 e. The summed E-state index contributed by atoms with van der Waals surface area (Å²) in [6, 6.07) is 0. The van der Waals surface area contributed by atoms with Crippen molar-refractivity contribution in [2.75, 3.05) is 13.7 Å². The van der Waals surface area contributed by atoms with Crippen LogP contribution in [0.4, 0.5) is 0 Å². The van der Waals surface area contributed by atoms with Crippen molar-refractivity contribution in [1.29, 1.82) is 0 Å². The molecule has 60 valence electrons. The molecule has 0 amide bonds. The molecule has 0 aliphatic heterocycles. The first-order valence-electron chi connectivity index (χ1n) is 3.18. The summed E-state index contributed by atoms with van der Waals surface area (Å²) in [5, 5.41) is 0. The third-order valence-corrected chi connectivity index (χ3v) is 0.615. The Morgan fingerprint density at radius 1 is 1.70 bits per heavy atom. The first kappa shape index (κ1) is 11.9. The van der Waals surface area contributed by atoms with Crippen LogP contribution in [0.25, 0.3) is 0 Å². The lowest BCUT2D eigenvalue weighted by Gasteiger charge is -1.94. The minimum absolute atomic E-state index is 0.341. The second-order valence-electron chi connectivity index (χ2n) is 1.37. The number of hydrogen-bond acceptors (Lipinski definition) is 3. The fourth-order valence-corrected chi connectivity index (χ4v) is 0.262. The lowest BCUT2D eigenvalue weighted by molar-refractivity contribution is -0.137. The van der Waals surface area contributed by atoms with Gasteiger partial charge in [0, 0.05) is 6.08 Å². The molecule has 0 rings (SSSR count). The second kappa shape index (κ2) is 11.0. The lowest BCUT2D eigenvalue weighted by Crippen LogP contribution is -1.99. The summed E-state index contributed by atoms with van der Waals surface area (Å²) < 4.78 is 4.58. The Morgan fingerprint density at radius 3 is 2.50 bits per heavy atom. The van der Waals surface area contributed by atoms with E-state index in [1.807, 2.05) is 6.92 Å². The molecule has 0 aliphatic carbocycles. The van der Waals surface area contributed by atoms with Crippen molar-refractivity contribution in [3.63, 3.8) is 0 Å². The van der Waals surface area contributed by atoms with E-state index in [0.29, 0.717) is 6.61 Å². The highest BCUT2D eigenvalue weighted by molar-refractivity contribution is 5.81. The Morgan fingerprint density at radius 2 is 2.20 bits per heavy atom. The van der Waals surface area contributed by atoms with E-state index in [9.17, 15) is 4.79 Å².